The summed E-state index contributed by atoms with van der Waals surface area (Å²) in [6.45, 7) is 13.2. The molecule has 1 heterocycles. The Bertz CT molecular complexity index is 1130. The van der Waals surface area contributed by atoms with E-state index in [1.807, 2.05) is 0 Å². The van der Waals surface area contributed by atoms with Crippen LogP contribution in [0.25, 0.3) is 0 Å². The number of rotatable bonds is 7. The molecule has 0 saturated carbocycles. The summed E-state index contributed by atoms with van der Waals surface area (Å²) in [5, 5.41) is 9.60. The third-order valence-electron chi connectivity index (χ3n) is 8.20. The van der Waals surface area contributed by atoms with Crippen molar-refractivity contribution in [3.8, 4) is 6.07 Å². The van der Waals surface area contributed by atoms with Crippen molar-refractivity contribution in [1.82, 2.24) is 4.90 Å². The van der Waals surface area contributed by atoms with Crippen LogP contribution in [0, 0.1) is 11.3 Å². The van der Waals surface area contributed by atoms with Gasteiger partial charge in [0, 0.05) is 13.1 Å². The molecular formula is C33H40N2OSi. The first kappa shape index (κ1) is 27.1. The maximum absolute atomic E-state index is 9.46. The van der Waals surface area contributed by atoms with E-state index in [1.54, 1.807) is 0 Å². The van der Waals surface area contributed by atoms with Gasteiger partial charge in [0.2, 0.25) is 0 Å². The van der Waals surface area contributed by atoms with Crippen molar-refractivity contribution in [3.63, 3.8) is 0 Å². The van der Waals surface area contributed by atoms with Crippen molar-refractivity contribution < 1.29 is 4.43 Å². The van der Waals surface area contributed by atoms with Gasteiger partial charge in [0.15, 0.2) is 8.32 Å². The van der Waals surface area contributed by atoms with E-state index in [0.29, 0.717) is 6.42 Å². The van der Waals surface area contributed by atoms with Crippen molar-refractivity contribution in [1.29, 1.82) is 5.26 Å². The summed E-state index contributed by atoms with van der Waals surface area (Å²) >= 11 is 0. The van der Waals surface area contributed by atoms with Crippen LogP contribution in [0.15, 0.2) is 103 Å². The lowest BCUT2D eigenvalue weighted by Crippen LogP contribution is -2.55. The number of likely N-dealkylation sites (tertiary alicyclic amines) is 1. The Morgan fingerprint density at radius 3 is 1.73 bits per heavy atom. The summed E-state index contributed by atoms with van der Waals surface area (Å²) in [5.41, 5.74) is 4.50. The second-order valence-corrected chi connectivity index (χ2v) is 16.3. The Morgan fingerprint density at radius 1 is 0.865 bits per heavy atom. The molecule has 3 aromatic carbocycles. The van der Waals surface area contributed by atoms with Crippen molar-refractivity contribution in [2.24, 2.45) is 0 Å². The molecule has 0 amide bonds. The van der Waals surface area contributed by atoms with Crippen LogP contribution in [0.4, 0.5) is 0 Å². The van der Waals surface area contributed by atoms with Gasteiger partial charge < -0.3 is 4.43 Å². The number of allylic oxidation sites excluding steroid dienone is 1. The third kappa shape index (κ3) is 5.50. The van der Waals surface area contributed by atoms with E-state index in [4.69, 9.17) is 4.43 Å². The number of hydrogen-bond donors (Lipinski definition) is 0. The third-order valence-corrected chi connectivity index (χ3v) is 12.7. The number of hydrogen-bond acceptors (Lipinski definition) is 3. The summed E-state index contributed by atoms with van der Waals surface area (Å²) in [6, 6.07) is 34.9. The predicted molar refractivity (Wildman–Crippen MR) is 156 cm³/mol. The molecule has 37 heavy (non-hydrogen) atoms. The SMILES string of the molecule is CC(C)(C)[Si](C)(C)OC1CCN(C(c2ccccc2)(c2ccccc2)c2ccccc2)C/C1=C\CC#N. The Kier molecular flexibility index (Phi) is 8.19. The van der Waals surface area contributed by atoms with Gasteiger partial charge in [0.05, 0.1) is 24.1 Å². The smallest absolute Gasteiger partial charge is 0.192 e. The molecule has 0 radical (unpaired) electrons. The quantitative estimate of drug-likeness (QED) is 0.185. The first-order valence-electron chi connectivity index (χ1n) is 13.4. The molecule has 1 unspecified atom stereocenters. The summed E-state index contributed by atoms with van der Waals surface area (Å²) < 4.78 is 6.97. The van der Waals surface area contributed by atoms with Crippen molar-refractivity contribution >= 4 is 8.32 Å². The first-order chi connectivity index (χ1) is 17.7. The van der Waals surface area contributed by atoms with Crippen LogP contribution in [0.3, 0.4) is 0 Å². The number of nitriles is 1. The minimum atomic E-state index is -1.98. The highest BCUT2D eigenvalue weighted by Gasteiger charge is 2.46. The molecule has 0 spiro atoms. The normalized spacial score (nSPS) is 18.5. The Labute approximate surface area is 224 Å². The highest BCUT2D eigenvalue weighted by atomic mass is 28.4. The monoisotopic (exact) mass is 508 g/mol. The number of piperidine rings is 1. The summed E-state index contributed by atoms with van der Waals surface area (Å²) in [7, 11) is -1.98. The molecule has 4 heteroatoms. The highest BCUT2D eigenvalue weighted by Crippen LogP contribution is 2.45. The first-order valence-corrected chi connectivity index (χ1v) is 16.3. The fourth-order valence-corrected chi connectivity index (χ4v) is 6.61. The second-order valence-electron chi connectivity index (χ2n) is 11.5. The van der Waals surface area contributed by atoms with Crippen LogP contribution < -0.4 is 0 Å². The maximum Gasteiger partial charge on any atom is 0.192 e. The van der Waals surface area contributed by atoms with Gasteiger partial charge in [-0.3, -0.25) is 4.90 Å². The summed E-state index contributed by atoms with van der Waals surface area (Å²) in [4.78, 5) is 2.60. The van der Waals surface area contributed by atoms with Crippen LogP contribution in [0.2, 0.25) is 18.1 Å². The van der Waals surface area contributed by atoms with Gasteiger partial charge in [-0.15, -0.1) is 0 Å². The lowest BCUT2D eigenvalue weighted by atomic mass is 9.74. The van der Waals surface area contributed by atoms with Crippen LogP contribution in [0.1, 0.15) is 50.3 Å². The molecule has 1 aliphatic heterocycles. The predicted octanol–water partition coefficient (Wildman–Crippen LogP) is 7.91. The molecule has 3 nitrogen and oxygen atoms in total. The van der Waals surface area contributed by atoms with Gasteiger partial charge in [-0.1, -0.05) is 118 Å². The fraction of sp³-hybridized carbons (Fsp3) is 0.364. The van der Waals surface area contributed by atoms with E-state index in [1.165, 1.54) is 22.3 Å². The molecule has 1 aliphatic rings. The van der Waals surface area contributed by atoms with Crippen molar-refractivity contribution in [2.75, 3.05) is 13.1 Å². The average Bonchev–Trinajstić information content (AvgIpc) is 2.90. The van der Waals surface area contributed by atoms with Gasteiger partial charge >= 0.3 is 0 Å². The van der Waals surface area contributed by atoms with Gasteiger partial charge in [-0.2, -0.15) is 5.26 Å². The lowest BCUT2D eigenvalue weighted by molar-refractivity contribution is 0.0902. The highest BCUT2D eigenvalue weighted by molar-refractivity contribution is 6.74. The zero-order valence-corrected chi connectivity index (χ0v) is 23.9. The van der Waals surface area contributed by atoms with Crippen molar-refractivity contribution in [2.45, 2.75) is 63.4 Å². The summed E-state index contributed by atoms with van der Waals surface area (Å²) in [6.07, 6.45) is 3.47. The minimum absolute atomic E-state index is 0.0468. The van der Waals surface area contributed by atoms with Crippen molar-refractivity contribution in [3.05, 3.63) is 119 Å². The average molecular weight is 509 g/mol. The number of nitrogens with zero attached hydrogens (tertiary/aromatic N) is 2. The molecule has 1 saturated heterocycles. The molecule has 1 atom stereocenters. The largest absolute Gasteiger partial charge is 0.410 e. The van der Waals surface area contributed by atoms with E-state index in [0.717, 1.165) is 19.5 Å². The Balaban J connectivity index is 1.85. The van der Waals surface area contributed by atoms with Crippen LogP contribution in [-0.2, 0) is 9.96 Å². The summed E-state index contributed by atoms with van der Waals surface area (Å²) in [5.74, 6) is 0. The zero-order chi connectivity index (χ0) is 26.5. The van der Waals surface area contributed by atoms with Gasteiger partial charge in [0.1, 0.15) is 0 Å². The van der Waals surface area contributed by atoms with E-state index < -0.39 is 13.9 Å². The molecule has 0 aliphatic carbocycles. The van der Waals surface area contributed by atoms with Gasteiger partial charge in [-0.25, -0.2) is 0 Å². The molecule has 3 aromatic rings. The second kappa shape index (κ2) is 11.2. The molecular weight excluding hydrogens is 468 g/mol. The minimum Gasteiger partial charge on any atom is -0.410 e. The van der Waals surface area contributed by atoms with E-state index in [9.17, 15) is 5.26 Å². The molecule has 192 valence electrons. The molecule has 4 rings (SSSR count). The number of benzene rings is 3. The van der Waals surface area contributed by atoms with Gasteiger partial charge in [0.25, 0.3) is 0 Å². The Hall–Kier alpha value is -2.97. The van der Waals surface area contributed by atoms with Crippen LogP contribution >= 0.6 is 0 Å². The molecule has 0 bridgehead atoms. The lowest BCUT2D eigenvalue weighted by Gasteiger charge is -2.50. The zero-order valence-electron chi connectivity index (χ0n) is 22.9. The molecule has 0 N–H and O–H groups in total. The van der Waals surface area contributed by atoms with Crippen LogP contribution in [0.5, 0.6) is 0 Å². The standard InChI is InChI=1S/C33H40N2OSi/c1-32(2,3)37(4,5)36-31-23-25-35(26-27(31)16-15-24-34)33(28-17-9-6-10-18-28,29-19-11-7-12-20-29)30-21-13-8-14-22-30/h6-14,16-22,31H,15,23,25-26H2,1-5H3/b27-16+. The van der Waals surface area contributed by atoms with E-state index in [2.05, 4.69) is 142 Å². The van der Waals surface area contributed by atoms with E-state index in [-0.39, 0.29) is 11.1 Å². The molecule has 0 aromatic heterocycles. The van der Waals surface area contributed by atoms with Crippen LogP contribution in [-0.4, -0.2) is 32.4 Å². The maximum atomic E-state index is 9.46. The molecule has 1 fully saturated rings. The topological polar surface area (TPSA) is 36.3 Å². The van der Waals surface area contributed by atoms with E-state index >= 15 is 0 Å². The fourth-order valence-electron chi connectivity index (χ4n) is 5.27. The van der Waals surface area contributed by atoms with Gasteiger partial charge in [-0.05, 0) is 46.8 Å². The Morgan fingerprint density at radius 2 is 1.32 bits per heavy atom.